The number of benzene rings is 1. The minimum absolute atomic E-state index is 0.0796. The number of methoxy groups -OCH3 is 1. The van der Waals surface area contributed by atoms with E-state index in [-0.39, 0.29) is 37.3 Å². The number of nitrogens with two attached hydrogens (primary N) is 1. The van der Waals surface area contributed by atoms with Crippen LogP contribution >= 0.6 is 0 Å². The van der Waals surface area contributed by atoms with Gasteiger partial charge in [0.1, 0.15) is 35.3 Å². The standard InChI is InChI=1S/C37H49N5O8S/c1-22-29(48-3)15-14-26-30(19-31(39-32(22)26)50-24-11-9-12-24)49-25-18-28-33(43)40-37(35(45)41-51(46,47)36(2)16-17-36)20-23(37)10-7-5-4-6-8-13-27(38)34(44)42(28)21-25/h7,10,14-15,19,23-25,27-28H,4-6,8-9,11-13,16-18,20-21,38H2,1-3H3,(H,40,43)(H,41,45). The molecule has 5 aliphatic rings. The van der Waals surface area contributed by atoms with E-state index in [1.165, 1.54) is 4.90 Å². The Morgan fingerprint density at radius 1 is 1.06 bits per heavy atom. The number of carbonyl (C=O) groups is 3. The fraction of sp³-hybridized carbons (Fsp3) is 0.622. The number of carbonyl (C=O) groups excluding carboxylic acids is 3. The lowest BCUT2D eigenvalue weighted by Crippen LogP contribution is -2.58. The van der Waals surface area contributed by atoms with Crippen LogP contribution in [-0.4, -0.2) is 84.3 Å². The molecule has 7 rings (SSSR count). The van der Waals surface area contributed by atoms with Gasteiger partial charge >= 0.3 is 0 Å². The number of nitrogens with one attached hydrogen (secondary N) is 2. The Hall–Kier alpha value is -3.91. The van der Waals surface area contributed by atoms with Crippen LogP contribution in [0.4, 0.5) is 0 Å². The zero-order valence-electron chi connectivity index (χ0n) is 29.6. The minimum Gasteiger partial charge on any atom is -0.496 e. The van der Waals surface area contributed by atoms with Gasteiger partial charge in [-0.05, 0) is 83.8 Å². The molecule has 0 bridgehead atoms. The molecule has 3 heterocycles. The van der Waals surface area contributed by atoms with Crippen molar-refractivity contribution in [2.24, 2.45) is 11.7 Å². The number of aryl methyl sites for hydroxylation is 1. The molecular weight excluding hydrogens is 675 g/mol. The van der Waals surface area contributed by atoms with Crippen LogP contribution < -0.4 is 30.0 Å². The summed E-state index contributed by atoms with van der Waals surface area (Å²) in [4.78, 5) is 48.2. The quantitative estimate of drug-likeness (QED) is 0.341. The second-order valence-corrected chi connectivity index (χ2v) is 17.4. The third-order valence-corrected chi connectivity index (χ3v) is 13.7. The molecule has 276 valence electrons. The highest BCUT2D eigenvalue weighted by Gasteiger charge is 2.63. The summed E-state index contributed by atoms with van der Waals surface area (Å²) in [5.41, 5.74) is 6.49. The lowest BCUT2D eigenvalue weighted by molar-refractivity contribution is -0.140. The second kappa shape index (κ2) is 13.6. The molecule has 2 aliphatic heterocycles. The SMILES string of the molecule is COc1ccc2c(OC3CC4C(=O)NC5(C(=O)NS(=O)(=O)C6(C)CC6)CC5C=CCCCCCC(N)C(=O)N4C3)cc(OC3CCC3)nc2c1C. The van der Waals surface area contributed by atoms with Gasteiger partial charge in [0.25, 0.3) is 5.91 Å². The first-order valence-corrected chi connectivity index (χ1v) is 19.8. The summed E-state index contributed by atoms with van der Waals surface area (Å²) < 4.78 is 45.8. The fourth-order valence-electron chi connectivity index (χ4n) is 7.42. The van der Waals surface area contributed by atoms with Gasteiger partial charge < -0.3 is 30.2 Å². The van der Waals surface area contributed by atoms with Crippen LogP contribution in [0.5, 0.6) is 17.4 Å². The maximum Gasteiger partial charge on any atom is 0.259 e. The fourth-order valence-corrected chi connectivity index (χ4v) is 8.73. The van der Waals surface area contributed by atoms with Gasteiger partial charge in [0.2, 0.25) is 27.7 Å². The monoisotopic (exact) mass is 723 g/mol. The van der Waals surface area contributed by atoms with Gasteiger partial charge in [-0.3, -0.25) is 19.1 Å². The Kier molecular flexibility index (Phi) is 9.45. The number of allylic oxidation sites excluding steroid dienone is 1. The van der Waals surface area contributed by atoms with E-state index in [1.807, 2.05) is 31.2 Å². The number of pyridine rings is 1. The number of rotatable bonds is 8. The molecule has 1 aromatic carbocycles. The molecule has 51 heavy (non-hydrogen) atoms. The first kappa shape index (κ1) is 35.5. The Labute approximate surface area is 299 Å². The zero-order chi connectivity index (χ0) is 36.1. The van der Waals surface area contributed by atoms with Gasteiger partial charge in [0.05, 0.1) is 30.0 Å². The van der Waals surface area contributed by atoms with Gasteiger partial charge in [-0.25, -0.2) is 13.4 Å². The predicted octanol–water partition coefficient (Wildman–Crippen LogP) is 3.55. The van der Waals surface area contributed by atoms with Gasteiger partial charge in [0.15, 0.2) is 0 Å². The van der Waals surface area contributed by atoms with Crippen molar-refractivity contribution in [3.05, 3.63) is 35.9 Å². The highest BCUT2D eigenvalue weighted by molar-refractivity contribution is 7.91. The van der Waals surface area contributed by atoms with Gasteiger partial charge in [-0.1, -0.05) is 25.0 Å². The summed E-state index contributed by atoms with van der Waals surface area (Å²) in [6.07, 6.45) is 11.4. The maximum atomic E-state index is 14.2. The molecule has 3 amide bonds. The largest absolute Gasteiger partial charge is 0.496 e. The Bertz CT molecular complexity index is 1860. The number of sulfonamides is 1. The van der Waals surface area contributed by atoms with Gasteiger partial charge in [0, 0.05) is 29.4 Å². The van der Waals surface area contributed by atoms with Crippen LogP contribution in [-0.2, 0) is 24.4 Å². The topological polar surface area (TPSA) is 179 Å². The zero-order valence-corrected chi connectivity index (χ0v) is 30.4. The van der Waals surface area contributed by atoms with Crippen LogP contribution in [0.3, 0.4) is 0 Å². The first-order chi connectivity index (χ1) is 24.3. The number of fused-ring (bicyclic) bond motifs is 3. The van der Waals surface area contributed by atoms with E-state index < -0.39 is 50.3 Å². The third kappa shape index (κ3) is 6.88. The number of ether oxygens (including phenoxy) is 3. The van der Waals surface area contributed by atoms with E-state index in [9.17, 15) is 22.8 Å². The number of nitrogens with zero attached hydrogens (tertiary/aromatic N) is 2. The summed E-state index contributed by atoms with van der Waals surface area (Å²) in [5, 5.41) is 3.65. The van der Waals surface area contributed by atoms with E-state index in [1.54, 1.807) is 20.1 Å². The molecular formula is C37H49N5O8S. The van der Waals surface area contributed by atoms with Crippen LogP contribution in [0, 0.1) is 12.8 Å². The molecule has 13 nitrogen and oxygen atoms in total. The van der Waals surface area contributed by atoms with E-state index in [0.29, 0.717) is 42.2 Å². The molecule has 2 aromatic rings. The lowest BCUT2D eigenvalue weighted by Gasteiger charge is -2.28. The van der Waals surface area contributed by atoms with Crippen molar-refractivity contribution in [1.82, 2.24) is 19.9 Å². The van der Waals surface area contributed by atoms with Crippen LogP contribution in [0.15, 0.2) is 30.4 Å². The van der Waals surface area contributed by atoms with E-state index in [2.05, 4.69) is 10.0 Å². The Morgan fingerprint density at radius 2 is 1.84 bits per heavy atom. The normalized spacial score (nSPS) is 29.5. The highest BCUT2D eigenvalue weighted by atomic mass is 32.2. The average molecular weight is 724 g/mol. The summed E-state index contributed by atoms with van der Waals surface area (Å²) in [7, 11) is -2.34. The molecule has 3 saturated carbocycles. The van der Waals surface area contributed by atoms with Crippen molar-refractivity contribution in [3.8, 4) is 17.4 Å². The number of hydrogen-bond donors (Lipinski definition) is 3. The molecule has 5 atom stereocenters. The van der Waals surface area contributed by atoms with Crippen molar-refractivity contribution in [2.75, 3.05) is 13.7 Å². The van der Waals surface area contributed by atoms with E-state index in [0.717, 1.165) is 55.9 Å². The van der Waals surface area contributed by atoms with Crippen LogP contribution in [0.2, 0.25) is 0 Å². The number of amides is 3. The predicted molar refractivity (Wildman–Crippen MR) is 190 cm³/mol. The van der Waals surface area contributed by atoms with Gasteiger partial charge in [-0.2, -0.15) is 0 Å². The molecule has 4 N–H and O–H groups in total. The minimum atomic E-state index is -3.94. The number of hydrogen-bond acceptors (Lipinski definition) is 10. The van der Waals surface area contributed by atoms with E-state index in [4.69, 9.17) is 24.9 Å². The maximum absolute atomic E-state index is 14.2. The number of aromatic nitrogens is 1. The van der Waals surface area contributed by atoms with Crippen molar-refractivity contribution in [2.45, 2.75) is 125 Å². The molecule has 0 radical (unpaired) electrons. The van der Waals surface area contributed by atoms with Crippen LogP contribution in [0.1, 0.15) is 89.5 Å². The van der Waals surface area contributed by atoms with Crippen LogP contribution in [0.25, 0.3) is 10.9 Å². The average Bonchev–Trinajstić information content (AvgIpc) is 3.96. The first-order valence-electron chi connectivity index (χ1n) is 18.3. The Morgan fingerprint density at radius 3 is 2.55 bits per heavy atom. The van der Waals surface area contributed by atoms with Crippen molar-refractivity contribution >= 4 is 38.6 Å². The summed E-state index contributed by atoms with van der Waals surface area (Å²) in [6.45, 7) is 3.62. The third-order valence-electron chi connectivity index (χ3n) is 11.5. The highest BCUT2D eigenvalue weighted by Crippen LogP contribution is 2.47. The molecule has 1 aromatic heterocycles. The van der Waals surface area contributed by atoms with Crippen molar-refractivity contribution in [1.29, 1.82) is 0 Å². The van der Waals surface area contributed by atoms with E-state index >= 15 is 0 Å². The molecule has 3 aliphatic carbocycles. The summed E-state index contributed by atoms with van der Waals surface area (Å²) in [5.74, 6) is -0.437. The Balaban J connectivity index is 1.18. The molecule has 14 heteroatoms. The van der Waals surface area contributed by atoms with Gasteiger partial charge in [-0.15, -0.1) is 0 Å². The molecule has 4 fully saturated rings. The summed E-state index contributed by atoms with van der Waals surface area (Å²) in [6, 6.07) is 3.68. The molecule has 0 spiro atoms. The smallest absolute Gasteiger partial charge is 0.259 e. The molecule has 1 saturated heterocycles. The molecule has 5 unspecified atom stereocenters. The summed E-state index contributed by atoms with van der Waals surface area (Å²) >= 11 is 0. The van der Waals surface area contributed by atoms with Crippen molar-refractivity contribution in [3.63, 3.8) is 0 Å². The lowest BCUT2D eigenvalue weighted by atomic mass is 9.96. The van der Waals surface area contributed by atoms with Crippen molar-refractivity contribution < 1.29 is 37.0 Å². The second-order valence-electron chi connectivity index (χ2n) is 15.2.